The molecular formula is C23H19Cl3N4O3. The summed E-state index contributed by atoms with van der Waals surface area (Å²) in [4.78, 5) is 44.2. The van der Waals surface area contributed by atoms with Crippen molar-refractivity contribution in [2.45, 2.75) is 25.9 Å². The smallest absolute Gasteiger partial charge is 0.262 e. The van der Waals surface area contributed by atoms with E-state index < -0.39 is 0 Å². The molecule has 33 heavy (non-hydrogen) atoms. The van der Waals surface area contributed by atoms with Crippen LogP contribution < -0.4 is 10.9 Å². The van der Waals surface area contributed by atoms with Crippen LogP contribution in [0.1, 0.15) is 38.9 Å². The van der Waals surface area contributed by atoms with E-state index in [4.69, 9.17) is 34.8 Å². The number of amides is 2. The average molecular weight is 506 g/mol. The Bertz CT molecular complexity index is 1320. The van der Waals surface area contributed by atoms with Gasteiger partial charge in [0.2, 0.25) is 5.28 Å². The van der Waals surface area contributed by atoms with Crippen LogP contribution in [0.15, 0.2) is 47.3 Å². The second kappa shape index (κ2) is 9.17. The highest BCUT2D eigenvalue weighted by molar-refractivity contribution is 6.42. The van der Waals surface area contributed by atoms with Gasteiger partial charge in [-0.1, -0.05) is 23.2 Å². The fourth-order valence-electron chi connectivity index (χ4n) is 3.83. The van der Waals surface area contributed by atoms with Gasteiger partial charge in [-0.2, -0.15) is 0 Å². The van der Waals surface area contributed by atoms with Gasteiger partial charge in [-0.25, -0.2) is 4.98 Å². The van der Waals surface area contributed by atoms with Crippen molar-refractivity contribution in [2.75, 3.05) is 7.05 Å². The number of carbonyl (C=O) groups excluding carboxylic acids is 2. The van der Waals surface area contributed by atoms with Crippen LogP contribution in [0.25, 0.3) is 5.69 Å². The monoisotopic (exact) mass is 504 g/mol. The first-order valence-corrected chi connectivity index (χ1v) is 11.2. The van der Waals surface area contributed by atoms with E-state index in [1.54, 1.807) is 48.3 Å². The largest absolute Gasteiger partial charge is 0.355 e. The SMILES string of the molecule is CNC(=O)c1ccc(-n2c(Cl)nc3c(c2=O)C[C@@H](C)N(C(=O)c2ccc(Cl)c(Cl)c2)C3)cc1. The van der Waals surface area contributed by atoms with Gasteiger partial charge in [0.1, 0.15) is 0 Å². The Labute approximate surface area is 204 Å². The second-order valence-electron chi connectivity index (χ2n) is 7.69. The number of carbonyl (C=O) groups is 2. The molecule has 7 nitrogen and oxygen atoms in total. The molecule has 0 bridgehead atoms. The predicted molar refractivity (Wildman–Crippen MR) is 128 cm³/mol. The molecule has 4 rings (SSSR count). The maximum Gasteiger partial charge on any atom is 0.262 e. The van der Waals surface area contributed by atoms with Crippen molar-refractivity contribution in [3.63, 3.8) is 0 Å². The highest BCUT2D eigenvalue weighted by atomic mass is 35.5. The third-order valence-corrected chi connectivity index (χ3v) is 6.61. The van der Waals surface area contributed by atoms with Gasteiger partial charge in [0.05, 0.1) is 28.0 Å². The first-order chi connectivity index (χ1) is 15.7. The van der Waals surface area contributed by atoms with Crippen molar-refractivity contribution in [2.24, 2.45) is 0 Å². The molecule has 0 saturated carbocycles. The van der Waals surface area contributed by atoms with Crippen molar-refractivity contribution in [1.82, 2.24) is 19.8 Å². The van der Waals surface area contributed by atoms with Crippen molar-refractivity contribution >= 4 is 46.6 Å². The van der Waals surface area contributed by atoms with Crippen LogP contribution in [0.5, 0.6) is 0 Å². The first kappa shape index (κ1) is 23.3. The number of nitrogens with one attached hydrogen (secondary N) is 1. The molecule has 0 spiro atoms. The Hall–Kier alpha value is -2.87. The number of rotatable bonds is 3. The highest BCUT2D eigenvalue weighted by Gasteiger charge is 2.31. The molecule has 2 aromatic carbocycles. The molecule has 3 aromatic rings. The molecule has 1 aliphatic heterocycles. The first-order valence-electron chi connectivity index (χ1n) is 10.1. The molecule has 0 aliphatic carbocycles. The molecule has 10 heteroatoms. The quantitative estimate of drug-likeness (QED) is 0.542. The molecule has 0 saturated heterocycles. The van der Waals surface area contributed by atoms with Gasteiger partial charge in [-0.3, -0.25) is 19.0 Å². The summed E-state index contributed by atoms with van der Waals surface area (Å²) >= 11 is 18.4. The Morgan fingerprint density at radius 1 is 1.03 bits per heavy atom. The van der Waals surface area contributed by atoms with Crippen LogP contribution in [0, 0.1) is 0 Å². The predicted octanol–water partition coefficient (Wildman–Crippen LogP) is 4.14. The summed E-state index contributed by atoms with van der Waals surface area (Å²) in [5.74, 6) is -0.470. The zero-order valence-corrected chi connectivity index (χ0v) is 20.0. The Kier molecular flexibility index (Phi) is 6.47. The lowest BCUT2D eigenvalue weighted by Gasteiger charge is -2.34. The molecule has 2 heterocycles. The zero-order valence-electron chi connectivity index (χ0n) is 17.7. The fourth-order valence-corrected chi connectivity index (χ4v) is 4.40. The summed E-state index contributed by atoms with van der Waals surface area (Å²) in [6, 6.07) is 10.9. The van der Waals surface area contributed by atoms with Gasteiger partial charge in [0, 0.05) is 29.8 Å². The Morgan fingerprint density at radius 2 is 1.70 bits per heavy atom. The summed E-state index contributed by atoms with van der Waals surface area (Å²) in [5.41, 5.74) is 2.01. The van der Waals surface area contributed by atoms with Crippen LogP contribution in [0.3, 0.4) is 0 Å². The summed E-state index contributed by atoms with van der Waals surface area (Å²) in [5, 5.41) is 3.18. The summed E-state index contributed by atoms with van der Waals surface area (Å²) in [6.45, 7) is 2.01. The Morgan fingerprint density at radius 3 is 2.33 bits per heavy atom. The molecule has 0 fully saturated rings. The summed E-state index contributed by atoms with van der Waals surface area (Å²) in [7, 11) is 1.54. The van der Waals surface area contributed by atoms with Crippen LogP contribution in [0.2, 0.25) is 15.3 Å². The van der Waals surface area contributed by atoms with Crippen molar-refractivity contribution in [1.29, 1.82) is 0 Å². The van der Waals surface area contributed by atoms with Gasteiger partial charge in [-0.05, 0) is 67.4 Å². The van der Waals surface area contributed by atoms with E-state index in [0.29, 0.717) is 44.5 Å². The molecule has 1 aromatic heterocycles. The average Bonchev–Trinajstić information content (AvgIpc) is 2.80. The lowest BCUT2D eigenvalue weighted by molar-refractivity contribution is 0.0653. The van der Waals surface area contributed by atoms with Gasteiger partial charge < -0.3 is 10.2 Å². The van der Waals surface area contributed by atoms with Gasteiger partial charge >= 0.3 is 0 Å². The van der Waals surface area contributed by atoms with Crippen molar-refractivity contribution in [3.8, 4) is 5.69 Å². The molecule has 0 radical (unpaired) electrons. The van der Waals surface area contributed by atoms with Crippen molar-refractivity contribution in [3.05, 3.63) is 90.5 Å². The van der Waals surface area contributed by atoms with Crippen LogP contribution in [-0.2, 0) is 13.0 Å². The number of hydrogen-bond acceptors (Lipinski definition) is 4. The lowest BCUT2D eigenvalue weighted by Crippen LogP contribution is -2.45. The second-order valence-corrected chi connectivity index (χ2v) is 8.84. The molecule has 1 atom stereocenters. The maximum atomic E-state index is 13.3. The van der Waals surface area contributed by atoms with Crippen LogP contribution in [0.4, 0.5) is 0 Å². The van der Waals surface area contributed by atoms with Gasteiger partial charge in [0.25, 0.3) is 17.4 Å². The summed E-state index contributed by atoms with van der Waals surface area (Å²) in [6.07, 6.45) is 0.321. The number of aromatic nitrogens is 2. The number of fused-ring (bicyclic) bond motifs is 1. The minimum atomic E-state index is -0.300. The molecule has 1 N–H and O–H groups in total. The molecule has 2 amide bonds. The molecular weight excluding hydrogens is 487 g/mol. The molecule has 0 unspecified atom stereocenters. The number of hydrogen-bond donors (Lipinski definition) is 1. The topological polar surface area (TPSA) is 84.3 Å². The highest BCUT2D eigenvalue weighted by Crippen LogP contribution is 2.27. The molecule has 1 aliphatic rings. The van der Waals surface area contributed by atoms with Crippen LogP contribution >= 0.6 is 34.8 Å². The van der Waals surface area contributed by atoms with E-state index in [1.807, 2.05) is 6.92 Å². The van der Waals surface area contributed by atoms with E-state index in [-0.39, 0.29) is 35.2 Å². The third-order valence-electron chi connectivity index (χ3n) is 5.62. The Balaban J connectivity index is 1.68. The molecule has 170 valence electrons. The van der Waals surface area contributed by atoms with Crippen molar-refractivity contribution < 1.29 is 9.59 Å². The van der Waals surface area contributed by atoms with E-state index in [0.717, 1.165) is 0 Å². The fraction of sp³-hybridized carbons (Fsp3) is 0.217. The van der Waals surface area contributed by atoms with E-state index in [2.05, 4.69) is 10.3 Å². The van der Waals surface area contributed by atoms with Gasteiger partial charge in [0.15, 0.2) is 0 Å². The number of nitrogens with zero attached hydrogens (tertiary/aromatic N) is 3. The van der Waals surface area contributed by atoms with Crippen LogP contribution in [-0.4, -0.2) is 39.4 Å². The van der Waals surface area contributed by atoms with E-state index in [9.17, 15) is 14.4 Å². The summed E-state index contributed by atoms with van der Waals surface area (Å²) < 4.78 is 1.30. The maximum absolute atomic E-state index is 13.3. The minimum absolute atomic E-state index is 0.0251. The number of halogens is 3. The standard InChI is InChI=1S/C23H19Cl3N4O3/c1-12-9-16-19(11-29(12)21(32)14-5-8-17(24)18(25)10-14)28-23(26)30(22(16)33)15-6-3-13(4-7-15)20(31)27-2/h3-8,10,12H,9,11H2,1-2H3,(H,27,31)/t12-/m1/s1. The van der Waals surface area contributed by atoms with E-state index >= 15 is 0 Å². The third kappa shape index (κ3) is 4.36. The minimum Gasteiger partial charge on any atom is -0.355 e. The lowest BCUT2D eigenvalue weighted by atomic mass is 9.98. The zero-order chi connectivity index (χ0) is 23.9. The normalized spacial score (nSPS) is 15.2. The van der Waals surface area contributed by atoms with E-state index in [1.165, 1.54) is 10.6 Å². The van der Waals surface area contributed by atoms with Gasteiger partial charge in [-0.15, -0.1) is 0 Å². The number of benzene rings is 2.